The fourth-order valence-corrected chi connectivity index (χ4v) is 2.53. The first-order chi connectivity index (χ1) is 12.9. The van der Waals surface area contributed by atoms with E-state index in [4.69, 9.17) is 0 Å². The lowest BCUT2D eigenvalue weighted by Crippen LogP contribution is -2.33. The molecule has 0 atom stereocenters. The van der Waals surface area contributed by atoms with Gasteiger partial charge < -0.3 is 15.5 Å². The van der Waals surface area contributed by atoms with E-state index < -0.39 is 0 Å². The minimum atomic E-state index is -0.373. The average Bonchev–Trinajstić information content (AvgIpc) is 2.62. The number of hydrogen-bond donors (Lipinski definition) is 2. The standard InChI is InChI=1S/C20H22FN3O3/c1-14(25)23-17-7-9-18(10-8-17)24(15(2)26)12-11-20(27)22-13-16-5-3-4-6-19(16)21/h3-10H,11-13H2,1-2H3,(H,22,27)(H,23,25). The maximum absolute atomic E-state index is 13.6. The Balaban J connectivity index is 1.92. The van der Waals surface area contributed by atoms with Gasteiger partial charge in [0.25, 0.3) is 0 Å². The van der Waals surface area contributed by atoms with Gasteiger partial charge in [0.15, 0.2) is 0 Å². The summed E-state index contributed by atoms with van der Waals surface area (Å²) < 4.78 is 13.6. The van der Waals surface area contributed by atoms with Gasteiger partial charge in [-0.3, -0.25) is 14.4 Å². The van der Waals surface area contributed by atoms with Gasteiger partial charge in [-0.2, -0.15) is 0 Å². The first kappa shape index (κ1) is 20.1. The van der Waals surface area contributed by atoms with Gasteiger partial charge >= 0.3 is 0 Å². The fourth-order valence-electron chi connectivity index (χ4n) is 2.53. The van der Waals surface area contributed by atoms with Crippen LogP contribution in [-0.4, -0.2) is 24.3 Å². The highest BCUT2D eigenvalue weighted by Gasteiger charge is 2.14. The van der Waals surface area contributed by atoms with Gasteiger partial charge in [-0.1, -0.05) is 18.2 Å². The lowest BCUT2D eigenvalue weighted by Gasteiger charge is -2.21. The largest absolute Gasteiger partial charge is 0.352 e. The van der Waals surface area contributed by atoms with E-state index in [2.05, 4.69) is 10.6 Å². The van der Waals surface area contributed by atoms with Crippen molar-refractivity contribution in [2.45, 2.75) is 26.8 Å². The summed E-state index contributed by atoms with van der Waals surface area (Å²) in [5.41, 5.74) is 1.65. The molecule has 142 valence electrons. The lowest BCUT2D eigenvalue weighted by atomic mass is 10.2. The molecular formula is C20H22FN3O3. The fraction of sp³-hybridized carbons (Fsp3) is 0.250. The molecule has 0 spiro atoms. The van der Waals surface area contributed by atoms with Crippen molar-refractivity contribution >= 4 is 29.1 Å². The van der Waals surface area contributed by atoms with Crippen LogP contribution in [0.4, 0.5) is 15.8 Å². The molecule has 2 aromatic rings. The molecule has 2 aromatic carbocycles. The number of rotatable bonds is 7. The minimum Gasteiger partial charge on any atom is -0.352 e. The maximum Gasteiger partial charge on any atom is 0.223 e. The number of hydrogen-bond acceptors (Lipinski definition) is 3. The predicted octanol–water partition coefficient (Wildman–Crippen LogP) is 2.84. The lowest BCUT2D eigenvalue weighted by molar-refractivity contribution is -0.121. The first-order valence-corrected chi connectivity index (χ1v) is 8.52. The summed E-state index contributed by atoms with van der Waals surface area (Å²) in [6.07, 6.45) is 0.0848. The van der Waals surface area contributed by atoms with Crippen molar-refractivity contribution in [2.75, 3.05) is 16.8 Å². The summed E-state index contributed by atoms with van der Waals surface area (Å²) in [5, 5.41) is 5.30. The van der Waals surface area contributed by atoms with Crippen LogP contribution in [0.1, 0.15) is 25.8 Å². The summed E-state index contributed by atoms with van der Waals surface area (Å²) in [5.74, 6) is -1.04. The molecule has 0 aliphatic rings. The SMILES string of the molecule is CC(=O)Nc1ccc(N(CCC(=O)NCc2ccccc2F)C(C)=O)cc1. The van der Waals surface area contributed by atoms with Gasteiger partial charge in [0, 0.05) is 50.3 Å². The Labute approximate surface area is 157 Å². The van der Waals surface area contributed by atoms with Gasteiger partial charge in [-0.15, -0.1) is 0 Å². The normalized spacial score (nSPS) is 10.2. The highest BCUT2D eigenvalue weighted by Crippen LogP contribution is 2.18. The van der Waals surface area contributed by atoms with E-state index in [0.29, 0.717) is 16.9 Å². The topological polar surface area (TPSA) is 78.5 Å². The van der Waals surface area contributed by atoms with E-state index in [0.717, 1.165) is 0 Å². The minimum absolute atomic E-state index is 0.0848. The van der Waals surface area contributed by atoms with E-state index >= 15 is 0 Å². The molecule has 0 heterocycles. The molecule has 0 radical (unpaired) electrons. The Kier molecular flexibility index (Phi) is 7.05. The van der Waals surface area contributed by atoms with Gasteiger partial charge in [0.1, 0.15) is 5.82 Å². The van der Waals surface area contributed by atoms with Crippen molar-refractivity contribution in [1.29, 1.82) is 0 Å². The van der Waals surface area contributed by atoms with Crippen LogP contribution in [0.2, 0.25) is 0 Å². The van der Waals surface area contributed by atoms with Crippen LogP contribution in [0.5, 0.6) is 0 Å². The van der Waals surface area contributed by atoms with E-state index in [9.17, 15) is 18.8 Å². The Morgan fingerprint density at radius 3 is 2.26 bits per heavy atom. The number of anilines is 2. The van der Waals surface area contributed by atoms with E-state index in [1.807, 2.05) is 0 Å². The smallest absolute Gasteiger partial charge is 0.223 e. The predicted molar refractivity (Wildman–Crippen MR) is 102 cm³/mol. The third kappa shape index (κ3) is 6.22. The van der Waals surface area contributed by atoms with Crippen LogP contribution in [0, 0.1) is 5.82 Å². The molecule has 0 aliphatic carbocycles. The van der Waals surface area contributed by atoms with Crippen molar-refractivity contribution in [3.8, 4) is 0 Å². The van der Waals surface area contributed by atoms with Crippen molar-refractivity contribution in [3.05, 3.63) is 59.9 Å². The molecule has 0 aromatic heterocycles. The summed E-state index contributed by atoms with van der Waals surface area (Å²) in [6, 6.07) is 13.0. The summed E-state index contributed by atoms with van der Waals surface area (Å²) in [7, 11) is 0. The average molecular weight is 371 g/mol. The molecule has 0 aliphatic heterocycles. The van der Waals surface area contributed by atoms with Crippen LogP contribution in [0.15, 0.2) is 48.5 Å². The number of carbonyl (C=O) groups excluding carboxylic acids is 3. The van der Waals surface area contributed by atoms with Gasteiger partial charge in [-0.25, -0.2) is 4.39 Å². The Bertz CT molecular complexity index is 821. The molecule has 0 saturated heterocycles. The van der Waals surface area contributed by atoms with E-state index in [1.165, 1.54) is 24.8 Å². The maximum atomic E-state index is 13.6. The second-order valence-electron chi connectivity index (χ2n) is 6.02. The molecule has 7 heteroatoms. The molecule has 0 bridgehead atoms. The van der Waals surface area contributed by atoms with Crippen LogP contribution in [-0.2, 0) is 20.9 Å². The molecule has 2 rings (SSSR count). The first-order valence-electron chi connectivity index (χ1n) is 8.52. The molecule has 6 nitrogen and oxygen atoms in total. The zero-order valence-electron chi connectivity index (χ0n) is 15.3. The molecule has 27 heavy (non-hydrogen) atoms. The Hall–Kier alpha value is -3.22. The van der Waals surface area contributed by atoms with Crippen LogP contribution < -0.4 is 15.5 Å². The zero-order valence-corrected chi connectivity index (χ0v) is 15.3. The number of benzene rings is 2. The summed E-state index contributed by atoms with van der Waals surface area (Å²) >= 11 is 0. The summed E-state index contributed by atoms with van der Waals surface area (Å²) in [4.78, 5) is 36.5. The van der Waals surface area contributed by atoms with Gasteiger partial charge in [-0.05, 0) is 30.3 Å². The van der Waals surface area contributed by atoms with E-state index in [1.54, 1.807) is 42.5 Å². The van der Waals surface area contributed by atoms with Crippen LogP contribution in [0.25, 0.3) is 0 Å². The Morgan fingerprint density at radius 1 is 1.00 bits per heavy atom. The zero-order chi connectivity index (χ0) is 19.8. The number of halogens is 1. The highest BCUT2D eigenvalue weighted by atomic mass is 19.1. The highest BCUT2D eigenvalue weighted by molar-refractivity contribution is 5.93. The number of amides is 3. The molecular weight excluding hydrogens is 349 g/mol. The summed E-state index contributed by atoms with van der Waals surface area (Å²) in [6.45, 7) is 3.11. The van der Waals surface area contributed by atoms with Crippen molar-refractivity contribution < 1.29 is 18.8 Å². The molecule has 0 unspecified atom stereocenters. The van der Waals surface area contributed by atoms with Crippen molar-refractivity contribution in [2.24, 2.45) is 0 Å². The van der Waals surface area contributed by atoms with Gasteiger partial charge in [0.2, 0.25) is 17.7 Å². The van der Waals surface area contributed by atoms with Crippen LogP contribution >= 0.6 is 0 Å². The molecule has 0 fully saturated rings. The number of nitrogens with zero attached hydrogens (tertiary/aromatic N) is 1. The number of carbonyl (C=O) groups is 3. The van der Waals surface area contributed by atoms with Crippen LogP contribution in [0.3, 0.4) is 0 Å². The second kappa shape index (κ2) is 9.47. The van der Waals surface area contributed by atoms with Crippen molar-refractivity contribution in [1.82, 2.24) is 5.32 Å². The second-order valence-corrected chi connectivity index (χ2v) is 6.02. The van der Waals surface area contributed by atoms with Crippen molar-refractivity contribution in [3.63, 3.8) is 0 Å². The molecule has 2 N–H and O–H groups in total. The quantitative estimate of drug-likeness (QED) is 0.786. The third-order valence-electron chi connectivity index (χ3n) is 3.88. The van der Waals surface area contributed by atoms with E-state index in [-0.39, 0.29) is 43.0 Å². The molecule has 3 amide bonds. The molecule has 0 saturated carbocycles. The number of nitrogens with one attached hydrogen (secondary N) is 2. The monoisotopic (exact) mass is 371 g/mol. The third-order valence-corrected chi connectivity index (χ3v) is 3.88. The van der Waals surface area contributed by atoms with Gasteiger partial charge in [0.05, 0.1) is 0 Å². The Morgan fingerprint density at radius 2 is 1.67 bits per heavy atom.